The van der Waals surface area contributed by atoms with Crippen LogP contribution < -0.4 is 10.6 Å². The van der Waals surface area contributed by atoms with Crippen LogP contribution in [0.5, 0.6) is 0 Å². The summed E-state index contributed by atoms with van der Waals surface area (Å²) >= 11 is 1.80. The zero-order valence-electron chi connectivity index (χ0n) is 13.9. The molecule has 2 aliphatic heterocycles. The van der Waals surface area contributed by atoms with Gasteiger partial charge in [-0.15, -0.1) is 35.3 Å². The van der Waals surface area contributed by atoms with Gasteiger partial charge in [0.1, 0.15) is 0 Å². The standard InChI is InChI=1S/C16H26N4OS.HI/c1-3-12-10-19-15(22-12)7-8-18-16(17-4-2)20-13-9-11-5-6-14(13)21-11;/h10-11,13-14H,3-9H2,1-2H3,(H2,17,18,20);1H. The average Bonchev–Trinajstić information content (AvgIpc) is 3.23. The minimum Gasteiger partial charge on any atom is -0.373 e. The zero-order valence-corrected chi connectivity index (χ0v) is 17.0. The Labute approximate surface area is 159 Å². The lowest BCUT2D eigenvalue weighted by molar-refractivity contribution is 0.0992. The van der Waals surface area contributed by atoms with E-state index in [4.69, 9.17) is 9.73 Å². The molecule has 0 saturated carbocycles. The number of aromatic nitrogens is 1. The number of nitrogens with zero attached hydrogens (tertiary/aromatic N) is 2. The number of rotatable bonds is 6. The Balaban J connectivity index is 0.00000192. The number of ether oxygens (including phenoxy) is 1. The number of fused-ring (bicyclic) bond motifs is 2. The average molecular weight is 450 g/mol. The van der Waals surface area contributed by atoms with Gasteiger partial charge < -0.3 is 15.4 Å². The van der Waals surface area contributed by atoms with E-state index in [2.05, 4.69) is 29.5 Å². The first-order chi connectivity index (χ1) is 10.8. The predicted octanol–water partition coefficient (Wildman–Crippen LogP) is 2.74. The number of aryl methyl sites for hydroxylation is 1. The van der Waals surface area contributed by atoms with Crippen LogP contribution in [0.1, 0.15) is 43.0 Å². The summed E-state index contributed by atoms with van der Waals surface area (Å²) in [4.78, 5) is 10.5. The lowest BCUT2D eigenvalue weighted by Gasteiger charge is -2.22. The van der Waals surface area contributed by atoms with E-state index in [-0.39, 0.29) is 24.0 Å². The largest absolute Gasteiger partial charge is 0.373 e. The van der Waals surface area contributed by atoms with Crippen molar-refractivity contribution in [3.05, 3.63) is 16.1 Å². The normalized spacial score (nSPS) is 26.2. The molecule has 3 heterocycles. The molecule has 2 saturated heterocycles. The molecule has 2 fully saturated rings. The van der Waals surface area contributed by atoms with Gasteiger partial charge in [0.15, 0.2) is 5.96 Å². The summed E-state index contributed by atoms with van der Waals surface area (Å²) < 4.78 is 5.90. The molecular weight excluding hydrogens is 423 g/mol. The van der Waals surface area contributed by atoms with Crippen molar-refractivity contribution in [1.82, 2.24) is 15.6 Å². The first kappa shape index (κ1) is 18.9. The highest BCUT2D eigenvalue weighted by Gasteiger charge is 2.41. The first-order valence-corrected chi connectivity index (χ1v) is 9.24. The molecule has 3 unspecified atom stereocenters. The minimum atomic E-state index is 0. The third kappa shape index (κ3) is 5.03. The summed E-state index contributed by atoms with van der Waals surface area (Å²) in [5.74, 6) is 0.913. The number of thiazole rings is 1. The molecule has 23 heavy (non-hydrogen) atoms. The van der Waals surface area contributed by atoms with Crippen LogP contribution >= 0.6 is 35.3 Å². The SMILES string of the molecule is CCNC(=NCCc1ncc(CC)s1)NC1CC2CCC1O2.I. The van der Waals surface area contributed by atoms with Gasteiger partial charge >= 0.3 is 0 Å². The van der Waals surface area contributed by atoms with Crippen LogP contribution in [0.4, 0.5) is 0 Å². The summed E-state index contributed by atoms with van der Waals surface area (Å²) in [6, 6.07) is 0.420. The molecule has 2 N–H and O–H groups in total. The molecule has 3 rings (SSSR count). The molecule has 0 aliphatic carbocycles. The van der Waals surface area contributed by atoms with Gasteiger partial charge in [-0.25, -0.2) is 4.98 Å². The maximum Gasteiger partial charge on any atom is 0.191 e. The molecule has 0 radical (unpaired) electrons. The first-order valence-electron chi connectivity index (χ1n) is 8.42. The second-order valence-corrected chi connectivity index (χ2v) is 7.14. The minimum absolute atomic E-state index is 0. The second-order valence-electron chi connectivity index (χ2n) is 5.94. The van der Waals surface area contributed by atoms with Crippen molar-refractivity contribution in [2.45, 2.75) is 64.2 Å². The maximum absolute atomic E-state index is 5.90. The van der Waals surface area contributed by atoms with Gasteiger partial charge in [-0.2, -0.15) is 0 Å². The van der Waals surface area contributed by atoms with E-state index < -0.39 is 0 Å². The topological polar surface area (TPSA) is 58.5 Å². The third-order valence-corrected chi connectivity index (χ3v) is 5.52. The Kier molecular flexibility index (Phi) is 7.55. The van der Waals surface area contributed by atoms with E-state index in [0.717, 1.165) is 38.3 Å². The number of aliphatic imine (C=N–C) groups is 1. The smallest absolute Gasteiger partial charge is 0.191 e. The van der Waals surface area contributed by atoms with Crippen molar-refractivity contribution in [3.63, 3.8) is 0 Å². The zero-order chi connectivity index (χ0) is 15.4. The number of nitrogens with one attached hydrogen (secondary N) is 2. The molecule has 3 atom stereocenters. The monoisotopic (exact) mass is 450 g/mol. The van der Waals surface area contributed by atoms with Gasteiger partial charge in [-0.05, 0) is 32.6 Å². The highest BCUT2D eigenvalue weighted by Crippen LogP contribution is 2.34. The number of hydrogen-bond donors (Lipinski definition) is 2. The van der Waals surface area contributed by atoms with Crippen molar-refractivity contribution in [2.24, 2.45) is 4.99 Å². The van der Waals surface area contributed by atoms with Crippen molar-refractivity contribution < 1.29 is 4.74 Å². The molecule has 2 aliphatic rings. The Morgan fingerprint density at radius 2 is 2.30 bits per heavy atom. The molecule has 7 heteroatoms. The molecule has 0 spiro atoms. The summed E-state index contributed by atoms with van der Waals surface area (Å²) in [7, 11) is 0. The number of hydrogen-bond acceptors (Lipinski definition) is 4. The number of halogens is 1. The van der Waals surface area contributed by atoms with Crippen LogP contribution in [-0.2, 0) is 17.6 Å². The lowest BCUT2D eigenvalue weighted by atomic mass is 9.96. The van der Waals surface area contributed by atoms with Crippen LogP contribution in [0.3, 0.4) is 0 Å². The quantitative estimate of drug-likeness (QED) is 0.398. The Bertz CT molecular complexity index is 522. The van der Waals surface area contributed by atoms with Crippen molar-refractivity contribution in [2.75, 3.05) is 13.1 Å². The van der Waals surface area contributed by atoms with Gasteiger partial charge in [0.2, 0.25) is 0 Å². The Hall–Kier alpha value is -0.410. The van der Waals surface area contributed by atoms with Crippen LogP contribution in [0.15, 0.2) is 11.2 Å². The highest BCUT2D eigenvalue weighted by atomic mass is 127. The Morgan fingerprint density at radius 3 is 2.91 bits per heavy atom. The van der Waals surface area contributed by atoms with E-state index in [1.54, 1.807) is 11.3 Å². The van der Waals surface area contributed by atoms with Gasteiger partial charge in [0.25, 0.3) is 0 Å². The van der Waals surface area contributed by atoms with Crippen LogP contribution in [0.2, 0.25) is 0 Å². The molecule has 5 nitrogen and oxygen atoms in total. The van der Waals surface area contributed by atoms with Gasteiger partial charge in [0, 0.05) is 30.6 Å². The summed E-state index contributed by atoms with van der Waals surface area (Å²) in [5, 5.41) is 8.07. The van der Waals surface area contributed by atoms with Crippen molar-refractivity contribution in [3.8, 4) is 0 Å². The highest BCUT2D eigenvalue weighted by molar-refractivity contribution is 14.0. The molecule has 0 aromatic carbocycles. The summed E-state index contributed by atoms with van der Waals surface area (Å²) in [6.45, 7) is 5.92. The maximum atomic E-state index is 5.90. The fourth-order valence-electron chi connectivity index (χ4n) is 3.18. The van der Waals surface area contributed by atoms with E-state index >= 15 is 0 Å². The van der Waals surface area contributed by atoms with Gasteiger partial charge in [-0.3, -0.25) is 4.99 Å². The van der Waals surface area contributed by atoms with Crippen LogP contribution in [0.25, 0.3) is 0 Å². The van der Waals surface area contributed by atoms with E-state index in [0.29, 0.717) is 18.2 Å². The van der Waals surface area contributed by atoms with Gasteiger partial charge in [-0.1, -0.05) is 6.92 Å². The summed E-state index contributed by atoms with van der Waals surface area (Å²) in [6.07, 6.45) is 8.32. The van der Waals surface area contributed by atoms with E-state index in [9.17, 15) is 0 Å². The molecule has 0 amide bonds. The molecule has 2 bridgehead atoms. The van der Waals surface area contributed by atoms with Crippen LogP contribution in [-0.4, -0.2) is 42.3 Å². The fraction of sp³-hybridized carbons (Fsp3) is 0.750. The third-order valence-electron chi connectivity index (χ3n) is 4.32. The van der Waals surface area contributed by atoms with E-state index in [1.165, 1.54) is 22.7 Å². The predicted molar refractivity (Wildman–Crippen MR) is 106 cm³/mol. The summed E-state index contributed by atoms with van der Waals surface area (Å²) in [5.41, 5.74) is 0. The molecular formula is C16H27IN4OS. The fourth-order valence-corrected chi connectivity index (χ4v) is 4.03. The van der Waals surface area contributed by atoms with Crippen molar-refractivity contribution in [1.29, 1.82) is 0 Å². The van der Waals surface area contributed by atoms with E-state index in [1.807, 2.05) is 6.20 Å². The molecule has 1 aromatic heterocycles. The van der Waals surface area contributed by atoms with Gasteiger partial charge in [0.05, 0.1) is 23.3 Å². The Morgan fingerprint density at radius 1 is 1.43 bits per heavy atom. The molecule has 130 valence electrons. The number of guanidine groups is 1. The molecule has 1 aromatic rings. The lowest BCUT2D eigenvalue weighted by Crippen LogP contribution is -2.47. The second kappa shape index (κ2) is 9.17. The van der Waals surface area contributed by atoms with Crippen LogP contribution in [0, 0.1) is 0 Å². The van der Waals surface area contributed by atoms with Crippen molar-refractivity contribution >= 4 is 41.3 Å².